The van der Waals surface area contributed by atoms with Crippen molar-refractivity contribution in [3.05, 3.63) is 0 Å². The van der Waals surface area contributed by atoms with Gasteiger partial charge in [0.25, 0.3) is 0 Å². The van der Waals surface area contributed by atoms with Gasteiger partial charge in [-0.15, -0.1) is 0 Å². The first-order chi connectivity index (χ1) is 6.15. The molecule has 0 spiro atoms. The first kappa shape index (κ1) is 11.0. The summed E-state index contributed by atoms with van der Waals surface area (Å²) in [7, 11) is 4.06. The Morgan fingerprint density at radius 2 is 2.08 bits per heavy atom. The van der Waals surface area contributed by atoms with Gasteiger partial charge in [-0.05, 0) is 32.2 Å². The van der Waals surface area contributed by atoms with E-state index < -0.39 is 0 Å². The molecule has 0 saturated heterocycles. The molecular formula is C11H23NO. The summed E-state index contributed by atoms with van der Waals surface area (Å²) in [5.74, 6) is 0.753. The maximum absolute atomic E-state index is 5.48. The summed E-state index contributed by atoms with van der Waals surface area (Å²) in [4.78, 5) is 2.46. The van der Waals surface area contributed by atoms with Crippen LogP contribution in [0, 0.1) is 5.92 Å². The van der Waals surface area contributed by atoms with Crippen LogP contribution in [0.25, 0.3) is 0 Å². The van der Waals surface area contributed by atoms with E-state index >= 15 is 0 Å². The molecule has 0 aliphatic heterocycles. The van der Waals surface area contributed by atoms with Crippen LogP contribution >= 0.6 is 0 Å². The summed E-state index contributed by atoms with van der Waals surface area (Å²) in [6, 6.07) is 0.660. The lowest BCUT2D eigenvalue weighted by molar-refractivity contribution is 0.0393. The molecule has 13 heavy (non-hydrogen) atoms. The molecule has 1 fully saturated rings. The standard InChI is InChI=1S/C11H23NO/c1-9(2)8-12(3)10-6-5-7-11(10)13-4/h9-11H,5-8H2,1-4H3/t10-,11+/m1/s1. The van der Waals surface area contributed by atoms with Crippen LogP contribution in [0.3, 0.4) is 0 Å². The zero-order chi connectivity index (χ0) is 9.84. The summed E-state index contributed by atoms with van der Waals surface area (Å²) in [5.41, 5.74) is 0. The number of rotatable bonds is 4. The van der Waals surface area contributed by atoms with E-state index in [1.54, 1.807) is 0 Å². The van der Waals surface area contributed by atoms with E-state index in [4.69, 9.17) is 4.74 Å². The van der Waals surface area contributed by atoms with Crippen LogP contribution < -0.4 is 0 Å². The first-order valence-electron chi connectivity index (χ1n) is 5.38. The Balaban J connectivity index is 2.40. The van der Waals surface area contributed by atoms with Gasteiger partial charge >= 0.3 is 0 Å². The molecule has 0 bridgehead atoms. The van der Waals surface area contributed by atoms with Crippen molar-refractivity contribution in [3.63, 3.8) is 0 Å². The zero-order valence-corrected chi connectivity index (χ0v) is 9.42. The number of nitrogens with zero attached hydrogens (tertiary/aromatic N) is 1. The lowest BCUT2D eigenvalue weighted by atomic mass is 10.1. The fraction of sp³-hybridized carbons (Fsp3) is 1.00. The minimum atomic E-state index is 0.476. The summed E-state index contributed by atoms with van der Waals surface area (Å²) >= 11 is 0. The monoisotopic (exact) mass is 185 g/mol. The molecule has 2 heteroatoms. The van der Waals surface area contributed by atoms with Crippen LogP contribution in [-0.4, -0.2) is 37.7 Å². The van der Waals surface area contributed by atoms with Crippen molar-refractivity contribution in [2.75, 3.05) is 20.7 Å². The van der Waals surface area contributed by atoms with Crippen LogP contribution in [0.2, 0.25) is 0 Å². The largest absolute Gasteiger partial charge is 0.380 e. The van der Waals surface area contributed by atoms with Gasteiger partial charge in [-0.2, -0.15) is 0 Å². The molecule has 0 amide bonds. The minimum absolute atomic E-state index is 0.476. The first-order valence-corrected chi connectivity index (χ1v) is 5.38. The molecule has 0 radical (unpaired) electrons. The third-order valence-electron chi connectivity index (χ3n) is 2.94. The molecule has 0 aromatic rings. The molecule has 0 aromatic carbocycles. The van der Waals surface area contributed by atoms with Crippen molar-refractivity contribution in [1.82, 2.24) is 4.90 Å². The van der Waals surface area contributed by atoms with Crippen molar-refractivity contribution in [1.29, 1.82) is 0 Å². The highest BCUT2D eigenvalue weighted by Crippen LogP contribution is 2.25. The number of ether oxygens (including phenoxy) is 1. The molecule has 1 saturated carbocycles. The molecule has 1 aliphatic rings. The van der Waals surface area contributed by atoms with Crippen LogP contribution in [0.5, 0.6) is 0 Å². The number of hydrogen-bond donors (Lipinski definition) is 0. The van der Waals surface area contributed by atoms with Crippen molar-refractivity contribution in [3.8, 4) is 0 Å². The maximum atomic E-state index is 5.48. The van der Waals surface area contributed by atoms with E-state index in [0.29, 0.717) is 12.1 Å². The molecular weight excluding hydrogens is 162 g/mol. The Bertz CT molecular complexity index is 147. The Kier molecular flexibility index (Phi) is 4.20. The van der Waals surface area contributed by atoms with Gasteiger partial charge in [0.1, 0.15) is 0 Å². The predicted molar refractivity (Wildman–Crippen MR) is 55.9 cm³/mol. The molecule has 78 valence electrons. The van der Waals surface area contributed by atoms with Crippen LogP contribution in [0.15, 0.2) is 0 Å². The highest BCUT2D eigenvalue weighted by atomic mass is 16.5. The maximum Gasteiger partial charge on any atom is 0.0726 e. The van der Waals surface area contributed by atoms with E-state index in [2.05, 4.69) is 25.8 Å². The van der Waals surface area contributed by atoms with Crippen molar-refractivity contribution >= 4 is 0 Å². The van der Waals surface area contributed by atoms with Gasteiger partial charge in [-0.1, -0.05) is 13.8 Å². The topological polar surface area (TPSA) is 12.5 Å². The second kappa shape index (κ2) is 4.97. The quantitative estimate of drug-likeness (QED) is 0.665. The van der Waals surface area contributed by atoms with E-state index in [-0.39, 0.29) is 0 Å². The average Bonchev–Trinajstić information content (AvgIpc) is 2.49. The molecule has 1 aliphatic carbocycles. The van der Waals surface area contributed by atoms with Gasteiger partial charge < -0.3 is 9.64 Å². The summed E-state index contributed by atoms with van der Waals surface area (Å²) < 4.78 is 5.48. The van der Waals surface area contributed by atoms with E-state index in [1.807, 2.05) is 7.11 Å². The number of hydrogen-bond acceptors (Lipinski definition) is 2. The second-order valence-corrected chi connectivity index (χ2v) is 4.61. The summed E-state index contributed by atoms with van der Waals surface area (Å²) in [6.45, 7) is 5.73. The van der Waals surface area contributed by atoms with E-state index in [9.17, 15) is 0 Å². The van der Waals surface area contributed by atoms with E-state index in [0.717, 1.165) is 5.92 Å². The molecule has 0 N–H and O–H groups in total. The smallest absolute Gasteiger partial charge is 0.0726 e. The number of likely N-dealkylation sites (N-methyl/N-ethyl adjacent to an activating group) is 1. The Hall–Kier alpha value is -0.0800. The molecule has 0 aromatic heterocycles. The molecule has 0 unspecified atom stereocenters. The van der Waals surface area contributed by atoms with Gasteiger partial charge in [-0.3, -0.25) is 0 Å². The Morgan fingerprint density at radius 1 is 1.38 bits per heavy atom. The minimum Gasteiger partial charge on any atom is -0.380 e. The van der Waals surface area contributed by atoms with Crippen LogP contribution in [-0.2, 0) is 4.74 Å². The molecule has 2 atom stereocenters. The SMILES string of the molecule is CO[C@H]1CCC[C@H]1N(C)CC(C)C. The van der Waals surface area contributed by atoms with Gasteiger partial charge in [0.15, 0.2) is 0 Å². The van der Waals surface area contributed by atoms with Gasteiger partial charge in [0, 0.05) is 19.7 Å². The summed E-state index contributed by atoms with van der Waals surface area (Å²) in [5, 5.41) is 0. The fourth-order valence-corrected chi connectivity index (χ4v) is 2.40. The zero-order valence-electron chi connectivity index (χ0n) is 9.42. The number of methoxy groups -OCH3 is 1. The van der Waals surface area contributed by atoms with Gasteiger partial charge in [0.2, 0.25) is 0 Å². The highest BCUT2D eigenvalue weighted by Gasteiger charge is 2.30. The van der Waals surface area contributed by atoms with Crippen molar-refractivity contribution < 1.29 is 4.74 Å². The summed E-state index contributed by atoms with van der Waals surface area (Å²) in [6.07, 6.45) is 4.35. The second-order valence-electron chi connectivity index (χ2n) is 4.61. The average molecular weight is 185 g/mol. The van der Waals surface area contributed by atoms with Crippen molar-refractivity contribution in [2.45, 2.75) is 45.3 Å². The van der Waals surface area contributed by atoms with Crippen molar-refractivity contribution in [2.24, 2.45) is 5.92 Å². The van der Waals surface area contributed by atoms with Gasteiger partial charge in [0.05, 0.1) is 6.10 Å². The molecule has 1 rings (SSSR count). The lowest BCUT2D eigenvalue weighted by Crippen LogP contribution is -2.40. The third kappa shape index (κ3) is 2.96. The Morgan fingerprint density at radius 3 is 2.62 bits per heavy atom. The molecule has 0 heterocycles. The lowest BCUT2D eigenvalue weighted by Gasteiger charge is -2.30. The van der Waals surface area contributed by atoms with Gasteiger partial charge in [-0.25, -0.2) is 0 Å². The van der Waals surface area contributed by atoms with E-state index in [1.165, 1.54) is 25.8 Å². The predicted octanol–water partition coefficient (Wildman–Crippen LogP) is 2.14. The fourth-order valence-electron chi connectivity index (χ4n) is 2.40. The van der Waals surface area contributed by atoms with Crippen LogP contribution in [0.1, 0.15) is 33.1 Å². The normalized spacial score (nSPS) is 29.1. The Labute approximate surface area is 82.3 Å². The highest BCUT2D eigenvalue weighted by molar-refractivity contribution is 4.85. The molecule has 2 nitrogen and oxygen atoms in total. The third-order valence-corrected chi connectivity index (χ3v) is 2.94. The van der Waals surface area contributed by atoms with Crippen LogP contribution in [0.4, 0.5) is 0 Å².